The van der Waals surface area contributed by atoms with E-state index in [9.17, 15) is 14.7 Å². The van der Waals surface area contributed by atoms with Crippen LogP contribution in [-0.4, -0.2) is 32.9 Å². The molecule has 2 N–H and O–H groups in total. The highest BCUT2D eigenvalue weighted by Crippen LogP contribution is 2.37. The van der Waals surface area contributed by atoms with Gasteiger partial charge in [-0.2, -0.15) is 0 Å². The molecule has 2 aromatic rings. The average Bonchev–Trinajstić information content (AvgIpc) is 3.11. The summed E-state index contributed by atoms with van der Waals surface area (Å²) >= 11 is 1.51. The molecule has 0 aromatic carbocycles. The fourth-order valence-corrected chi connectivity index (χ4v) is 3.59. The Balaban J connectivity index is 1.59. The lowest BCUT2D eigenvalue weighted by atomic mass is 9.86. The van der Waals surface area contributed by atoms with E-state index in [0.29, 0.717) is 18.5 Å². The van der Waals surface area contributed by atoms with Crippen molar-refractivity contribution in [3.63, 3.8) is 0 Å². The first-order valence-corrected chi connectivity index (χ1v) is 7.88. The first-order chi connectivity index (χ1) is 10.1. The van der Waals surface area contributed by atoms with E-state index in [0.717, 1.165) is 17.8 Å². The van der Waals surface area contributed by atoms with Crippen LogP contribution in [0.25, 0.3) is 4.96 Å². The van der Waals surface area contributed by atoms with Gasteiger partial charge in [-0.25, -0.2) is 4.98 Å². The summed E-state index contributed by atoms with van der Waals surface area (Å²) in [5, 5.41) is 14.1. The Hall–Kier alpha value is -1.89. The van der Waals surface area contributed by atoms with Gasteiger partial charge in [-0.15, -0.1) is 11.3 Å². The van der Waals surface area contributed by atoms with Crippen molar-refractivity contribution in [3.05, 3.63) is 23.5 Å². The van der Waals surface area contributed by atoms with Crippen LogP contribution in [0, 0.1) is 5.41 Å². The zero-order valence-corrected chi connectivity index (χ0v) is 12.4. The molecule has 1 saturated carbocycles. The fourth-order valence-electron chi connectivity index (χ4n) is 2.87. The predicted molar refractivity (Wildman–Crippen MR) is 78.3 cm³/mol. The second kappa shape index (κ2) is 5.48. The van der Waals surface area contributed by atoms with E-state index in [2.05, 4.69) is 10.3 Å². The average molecular weight is 307 g/mol. The lowest BCUT2D eigenvalue weighted by molar-refractivity contribution is -0.148. The fraction of sp³-hybridized carbons (Fsp3) is 0.500. The topological polar surface area (TPSA) is 83.7 Å². The Morgan fingerprint density at radius 1 is 1.43 bits per heavy atom. The van der Waals surface area contributed by atoms with Gasteiger partial charge >= 0.3 is 5.97 Å². The number of rotatable bonds is 5. The zero-order chi connectivity index (χ0) is 14.9. The number of hydrogen-bond donors (Lipinski definition) is 2. The Bertz CT molecular complexity index is 641. The van der Waals surface area contributed by atoms with Gasteiger partial charge in [0.2, 0.25) is 5.91 Å². The molecule has 21 heavy (non-hydrogen) atoms. The van der Waals surface area contributed by atoms with Crippen molar-refractivity contribution in [2.45, 2.75) is 32.1 Å². The van der Waals surface area contributed by atoms with Gasteiger partial charge in [0.05, 0.1) is 17.5 Å². The Morgan fingerprint density at radius 2 is 2.19 bits per heavy atom. The minimum absolute atomic E-state index is 0.173. The first kappa shape index (κ1) is 14.1. The van der Waals surface area contributed by atoms with Crippen molar-refractivity contribution in [1.82, 2.24) is 14.7 Å². The third-order valence-electron chi connectivity index (χ3n) is 4.12. The molecule has 0 unspecified atom stereocenters. The Kier molecular flexibility index (Phi) is 3.67. The lowest BCUT2D eigenvalue weighted by Crippen LogP contribution is -2.41. The van der Waals surface area contributed by atoms with Gasteiger partial charge in [-0.1, -0.05) is 12.8 Å². The second-order valence-electron chi connectivity index (χ2n) is 5.57. The number of carbonyl (C=O) groups is 2. The van der Waals surface area contributed by atoms with Crippen molar-refractivity contribution >= 4 is 28.2 Å². The van der Waals surface area contributed by atoms with Crippen LogP contribution in [0.5, 0.6) is 0 Å². The number of amides is 1. The van der Waals surface area contributed by atoms with Crippen LogP contribution in [0.2, 0.25) is 0 Å². The molecule has 0 spiro atoms. The van der Waals surface area contributed by atoms with E-state index in [4.69, 9.17) is 0 Å². The number of fused-ring (bicyclic) bond motifs is 1. The number of carboxylic acid groups (broad SMARTS) is 1. The minimum Gasteiger partial charge on any atom is -0.481 e. The third-order valence-corrected chi connectivity index (χ3v) is 4.89. The number of imidazole rings is 1. The summed E-state index contributed by atoms with van der Waals surface area (Å²) < 4.78 is 1.88. The molecule has 3 rings (SSSR count). The van der Waals surface area contributed by atoms with Crippen molar-refractivity contribution < 1.29 is 14.7 Å². The molecular formula is C14H17N3O3S. The number of thiazole rings is 1. The molecule has 0 bridgehead atoms. The molecule has 1 fully saturated rings. The highest BCUT2D eigenvalue weighted by Gasteiger charge is 2.41. The maximum Gasteiger partial charge on any atom is 0.311 e. The van der Waals surface area contributed by atoms with Crippen LogP contribution in [0.3, 0.4) is 0 Å². The van der Waals surface area contributed by atoms with E-state index >= 15 is 0 Å². The SMILES string of the molecule is O=C(Cc1cn2ccsc2n1)NCC1(C(=O)O)CCCC1. The van der Waals surface area contributed by atoms with Gasteiger partial charge in [0.15, 0.2) is 4.96 Å². The van der Waals surface area contributed by atoms with E-state index < -0.39 is 11.4 Å². The number of nitrogens with one attached hydrogen (secondary N) is 1. The largest absolute Gasteiger partial charge is 0.481 e. The Morgan fingerprint density at radius 3 is 2.86 bits per heavy atom. The maximum atomic E-state index is 12.0. The number of hydrogen-bond acceptors (Lipinski definition) is 4. The number of carboxylic acids is 1. The van der Waals surface area contributed by atoms with Crippen molar-refractivity contribution in [2.24, 2.45) is 5.41 Å². The third kappa shape index (κ3) is 2.78. The van der Waals surface area contributed by atoms with Crippen LogP contribution in [-0.2, 0) is 16.0 Å². The summed E-state index contributed by atoms with van der Waals surface area (Å²) in [6.45, 7) is 0.212. The highest BCUT2D eigenvalue weighted by atomic mass is 32.1. The van der Waals surface area contributed by atoms with Gasteiger partial charge in [0, 0.05) is 24.3 Å². The Labute approximate surface area is 125 Å². The molecule has 0 radical (unpaired) electrons. The molecule has 2 aromatic heterocycles. The molecule has 1 amide bonds. The number of nitrogens with zero attached hydrogens (tertiary/aromatic N) is 2. The maximum absolute atomic E-state index is 12.0. The normalized spacial score (nSPS) is 17.1. The van der Waals surface area contributed by atoms with Crippen LogP contribution >= 0.6 is 11.3 Å². The highest BCUT2D eigenvalue weighted by molar-refractivity contribution is 7.15. The summed E-state index contributed by atoms with van der Waals surface area (Å²) in [6.07, 6.45) is 7.02. The summed E-state index contributed by atoms with van der Waals surface area (Å²) in [5.74, 6) is -0.976. The molecule has 0 aliphatic heterocycles. The van der Waals surface area contributed by atoms with Gasteiger partial charge in [0.25, 0.3) is 0 Å². The number of aromatic nitrogens is 2. The molecule has 2 heterocycles. The second-order valence-corrected chi connectivity index (χ2v) is 6.44. The van der Waals surface area contributed by atoms with Gasteiger partial charge in [-0.05, 0) is 12.8 Å². The quantitative estimate of drug-likeness (QED) is 0.880. The van der Waals surface area contributed by atoms with Gasteiger partial charge in [-0.3, -0.25) is 14.0 Å². The summed E-state index contributed by atoms with van der Waals surface area (Å²) in [4.78, 5) is 28.6. The molecule has 7 heteroatoms. The molecule has 0 atom stereocenters. The van der Waals surface area contributed by atoms with Crippen molar-refractivity contribution in [3.8, 4) is 0 Å². The number of aliphatic carboxylic acids is 1. The van der Waals surface area contributed by atoms with E-state index in [1.165, 1.54) is 11.3 Å². The summed E-state index contributed by atoms with van der Waals surface area (Å²) in [6, 6.07) is 0. The van der Waals surface area contributed by atoms with Gasteiger partial charge in [0.1, 0.15) is 0 Å². The summed E-state index contributed by atoms with van der Waals surface area (Å²) in [5.41, 5.74) is -0.0698. The molecular weight excluding hydrogens is 290 g/mol. The molecule has 112 valence electrons. The number of carbonyl (C=O) groups excluding carboxylic acids is 1. The van der Waals surface area contributed by atoms with Crippen LogP contribution in [0.15, 0.2) is 17.8 Å². The first-order valence-electron chi connectivity index (χ1n) is 7.00. The minimum atomic E-state index is -0.803. The standard InChI is InChI=1S/C14H17N3O3S/c18-11(7-10-8-17-5-6-21-13(17)16-10)15-9-14(12(19)20)3-1-2-4-14/h5-6,8H,1-4,7,9H2,(H,15,18)(H,19,20). The van der Waals surface area contributed by atoms with Crippen LogP contribution < -0.4 is 5.32 Å². The smallest absolute Gasteiger partial charge is 0.311 e. The predicted octanol–water partition coefficient (Wildman–Crippen LogP) is 1.70. The molecule has 1 aliphatic rings. The molecule has 0 saturated heterocycles. The van der Waals surface area contributed by atoms with Crippen LogP contribution in [0.1, 0.15) is 31.4 Å². The van der Waals surface area contributed by atoms with Crippen LogP contribution in [0.4, 0.5) is 0 Å². The zero-order valence-electron chi connectivity index (χ0n) is 11.5. The van der Waals surface area contributed by atoms with E-state index in [-0.39, 0.29) is 18.9 Å². The van der Waals surface area contributed by atoms with Crippen molar-refractivity contribution in [2.75, 3.05) is 6.54 Å². The van der Waals surface area contributed by atoms with Gasteiger partial charge < -0.3 is 10.4 Å². The van der Waals surface area contributed by atoms with E-state index in [1.54, 1.807) is 0 Å². The molecule has 1 aliphatic carbocycles. The van der Waals surface area contributed by atoms with Crippen molar-refractivity contribution in [1.29, 1.82) is 0 Å². The summed E-state index contributed by atoms with van der Waals surface area (Å²) in [7, 11) is 0. The molecule has 6 nitrogen and oxygen atoms in total. The lowest BCUT2D eigenvalue weighted by Gasteiger charge is -2.23. The monoisotopic (exact) mass is 307 g/mol. The van der Waals surface area contributed by atoms with E-state index in [1.807, 2.05) is 22.2 Å².